The van der Waals surface area contributed by atoms with Gasteiger partial charge in [0, 0.05) is 5.02 Å². The lowest BCUT2D eigenvalue weighted by atomic mass is 10.1. The van der Waals surface area contributed by atoms with Crippen molar-refractivity contribution in [2.75, 3.05) is 0 Å². The fraction of sp³-hybridized carbons (Fsp3) is 0.273. The molecular weight excluding hydrogens is 299 g/mol. The van der Waals surface area contributed by atoms with Crippen molar-refractivity contribution < 1.29 is 23.0 Å². The Hall–Kier alpha value is -1.80. The van der Waals surface area contributed by atoms with E-state index in [0.717, 1.165) is 0 Å². The van der Waals surface area contributed by atoms with Crippen molar-refractivity contribution in [3.63, 3.8) is 0 Å². The van der Waals surface area contributed by atoms with Gasteiger partial charge >= 0.3 is 6.18 Å². The molecule has 2 atom stereocenters. The Labute approximate surface area is 116 Å². The lowest BCUT2D eigenvalue weighted by Gasteiger charge is -2.27. The number of halogens is 4. The van der Waals surface area contributed by atoms with E-state index in [2.05, 4.69) is 9.98 Å². The fourth-order valence-corrected chi connectivity index (χ4v) is 1.77. The molecule has 0 amide bonds. The van der Waals surface area contributed by atoms with Gasteiger partial charge in [-0.1, -0.05) is 17.7 Å². The molecule has 2 rings (SSSR count). The standard InChI is InChI=1S/C11H9ClF3N3O2/c12-5-2-1-3-6(4-5)20-7-8(11(13,14)15)17-10(16)18-9(7)19/h1-4,7,9,19H,(H2,16,18). The van der Waals surface area contributed by atoms with Crippen molar-refractivity contribution in [1.29, 1.82) is 0 Å². The monoisotopic (exact) mass is 307 g/mol. The number of aliphatic imine (C=N–C) groups is 2. The van der Waals surface area contributed by atoms with E-state index >= 15 is 0 Å². The number of rotatable bonds is 2. The SMILES string of the molecule is NC1=NC(O)C(Oc2cccc(Cl)c2)C(C(F)(F)F)=N1. The van der Waals surface area contributed by atoms with E-state index in [1.165, 1.54) is 24.3 Å². The third kappa shape index (κ3) is 3.20. The largest absolute Gasteiger partial charge is 0.479 e. The van der Waals surface area contributed by atoms with Crippen LogP contribution in [0.2, 0.25) is 5.02 Å². The smallest absolute Gasteiger partial charge is 0.433 e. The van der Waals surface area contributed by atoms with E-state index in [9.17, 15) is 18.3 Å². The van der Waals surface area contributed by atoms with E-state index in [-0.39, 0.29) is 10.8 Å². The first-order chi connectivity index (χ1) is 9.27. The zero-order chi connectivity index (χ0) is 14.9. The van der Waals surface area contributed by atoms with Crippen LogP contribution < -0.4 is 10.5 Å². The van der Waals surface area contributed by atoms with Crippen LogP contribution in [0.4, 0.5) is 13.2 Å². The normalized spacial score (nSPS) is 23.1. The number of guanidine groups is 1. The number of nitrogens with two attached hydrogens (primary N) is 1. The Morgan fingerprint density at radius 1 is 1.35 bits per heavy atom. The molecule has 20 heavy (non-hydrogen) atoms. The maximum Gasteiger partial charge on any atom is 0.433 e. The summed E-state index contributed by atoms with van der Waals surface area (Å²) in [6.45, 7) is 0. The minimum atomic E-state index is -4.80. The summed E-state index contributed by atoms with van der Waals surface area (Å²) in [5, 5.41) is 9.88. The van der Waals surface area contributed by atoms with Crippen molar-refractivity contribution >= 4 is 23.3 Å². The zero-order valence-corrected chi connectivity index (χ0v) is 10.6. The highest BCUT2D eigenvalue weighted by Gasteiger charge is 2.47. The van der Waals surface area contributed by atoms with Crippen LogP contribution in [-0.2, 0) is 0 Å². The number of aliphatic hydroxyl groups is 1. The second-order valence-electron chi connectivity index (χ2n) is 3.89. The van der Waals surface area contributed by atoms with E-state index in [0.29, 0.717) is 0 Å². The van der Waals surface area contributed by atoms with Crippen LogP contribution in [-0.4, -0.2) is 35.3 Å². The molecule has 108 valence electrons. The maximum absolute atomic E-state index is 12.9. The van der Waals surface area contributed by atoms with E-state index in [4.69, 9.17) is 22.1 Å². The van der Waals surface area contributed by atoms with Crippen LogP contribution in [0.25, 0.3) is 0 Å². The molecule has 2 unspecified atom stereocenters. The highest BCUT2D eigenvalue weighted by atomic mass is 35.5. The van der Waals surface area contributed by atoms with Gasteiger partial charge in [-0.15, -0.1) is 0 Å². The summed E-state index contributed by atoms with van der Waals surface area (Å²) in [6.07, 6.45) is -8.41. The lowest BCUT2D eigenvalue weighted by molar-refractivity contribution is -0.0711. The van der Waals surface area contributed by atoms with Crippen LogP contribution in [0, 0.1) is 0 Å². The summed E-state index contributed by atoms with van der Waals surface area (Å²) < 4.78 is 43.7. The van der Waals surface area contributed by atoms with Gasteiger partial charge in [0.2, 0.25) is 5.96 Å². The molecule has 1 aromatic carbocycles. The van der Waals surface area contributed by atoms with Crippen LogP contribution in [0.15, 0.2) is 34.3 Å². The predicted molar refractivity (Wildman–Crippen MR) is 67.0 cm³/mol. The first-order valence-electron chi connectivity index (χ1n) is 5.37. The minimum Gasteiger partial charge on any atom is -0.479 e. The Kier molecular flexibility index (Phi) is 3.87. The van der Waals surface area contributed by atoms with Crippen LogP contribution in [0.3, 0.4) is 0 Å². The van der Waals surface area contributed by atoms with Gasteiger partial charge in [0.15, 0.2) is 18.0 Å². The Morgan fingerprint density at radius 3 is 2.65 bits per heavy atom. The molecular formula is C11H9ClF3N3O2. The molecule has 5 nitrogen and oxygen atoms in total. The molecule has 1 aliphatic rings. The highest BCUT2D eigenvalue weighted by Crippen LogP contribution is 2.27. The van der Waals surface area contributed by atoms with Crippen LogP contribution >= 0.6 is 11.6 Å². The topological polar surface area (TPSA) is 80.2 Å². The molecule has 0 spiro atoms. The summed E-state index contributed by atoms with van der Waals surface area (Å²) >= 11 is 5.71. The van der Waals surface area contributed by atoms with Gasteiger partial charge in [-0.25, -0.2) is 9.98 Å². The molecule has 0 saturated heterocycles. The van der Waals surface area contributed by atoms with Gasteiger partial charge < -0.3 is 15.6 Å². The molecule has 3 N–H and O–H groups in total. The Balaban J connectivity index is 2.31. The summed E-state index contributed by atoms with van der Waals surface area (Å²) in [5.74, 6) is -0.607. The second-order valence-corrected chi connectivity index (χ2v) is 4.33. The highest BCUT2D eigenvalue weighted by molar-refractivity contribution is 6.30. The van der Waals surface area contributed by atoms with Gasteiger partial charge in [0.1, 0.15) is 5.75 Å². The first-order valence-corrected chi connectivity index (χ1v) is 5.74. The number of benzene rings is 1. The predicted octanol–water partition coefficient (Wildman–Crippen LogP) is 1.74. The number of ether oxygens (including phenoxy) is 1. The van der Waals surface area contributed by atoms with Crippen molar-refractivity contribution in [1.82, 2.24) is 0 Å². The van der Waals surface area contributed by atoms with E-state index in [1.54, 1.807) is 0 Å². The average molecular weight is 308 g/mol. The van der Waals surface area contributed by atoms with Crippen molar-refractivity contribution in [2.45, 2.75) is 18.5 Å². The Morgan fingerprint density at radius 2 is 2.05 bits per heavy atom. The first kappa shape index (κ1) is 14.6. The third-order valence-corrected chi connectivity index (χ3v) is 2.62. The molecule has 1 heterocycles. The number of alkyl halides is 3. The minimum absolute atomic E-state index is 0.0502. The van der Waals surface area contributed by atoms with Gasteiger partial charge in [-0.2, -0.15) is 13.2 Å². The summed E-state index contributed by atoms with van der Waals surface area (Å²) in [6, 6.07) is 5.73. The molecule has 0 aliphatic carbocycles. The molecule has 0 saturated carbocycles. The number of hydrogen-bond donors (Lipinski definition) is 2. The summed E-state index contributed by atoms with van der Waals surface area (Å²) in [5.41, 5.74) is 3.77. The fourth-order valence-electron chi connectivity index (χ4n) is 1.59. The third-order valence-electron chi connectivity index (χ3n) is 2.39. The number of hydrogen-bond acceptors (Lipinski definition) is 5. The van der Waals surface area contributed by atoms with E-state index < -0.39 is 30.2 Å². The summed E-state index contributed by atoms with van der Waals surface area (Å²) in [7, 11) is 0. The van der Waals surface area contributed by atoms with Gasteiger partial charge in [-0.3, -0.25) is 0 Å². The molecule has 1 aromatic rings. The molecule has 1 aliphatic heterocycles. The van der Waals surface area contributed by atoms with Crippen molar-refractivity contribution in [3.05, 3.63) is 29.3 Å². The zero-order valence-electron chi connectivity index (χ0n) is 9.80. The van der Waals surface area contributed by atoms with E-state index in [1.807, 2.05) is 0 Å². The number of nitrogens with zero attached hydrogens (tertiary/aromatic N) is 2. The second kappa shape index (κ2) is 5.29. The van der Waals surface area contributed by atoms with Crippen LogP contribution in [0.1, 0.15) is 0 Å². The molecule has 0 bridgehead atoms. The van der Waals surface area contributed by atoms with Gasteiger partial charge in [0.25, 0.3) is 0 Å². The molecule has 0 fully saturated rings. The average Bonchev–Trinajstić information content (AvgIpc) is 2.31. The lowest BCUT2D eigenvalue weighted by Crippen LogP contribution is -2.49. The summed E-state index contributed by atoms with van der Waals surface area (Å²) in [4.78, 5) is 6.46. The Bertz CT molecular complexity index is 574. The van der Waals surface area contributed by atoms with Crippen molar-refractivity contribution in [2.24, 2.45) is 15.7 Å². The van der Waals surface area contributed by atoms with Crippen molar-refractivity contribution in [3.8, 4) is 5.75 Å². The van der Waals surface area contributed by atoms with Gasteiger partial charge in [-0.05, 0) is 18.2 Å². The number of aliphatic hydroxyl groups excluding tert-OH is 1. The maximum atomic E-state index is 12.9. The quantitative estimate of drug-likeness (QED) is 0.873. The van der Waals surface area contributed by atoms with Gasteiger partial charge in [0.05, 0.1) is 0 Å². The molecule has 9 heteroatoms. The molecule has 0 aromatic heterocycles. The molecule has 0 radical (unpaired) electrons. The van der Waals surface area contributed by atoms with Crippen LogP contribution in [0.5, 0.6) is 5.75 Å².